The second-order valence-corrected chi connectivity index (χ2v) is 6.93. The fourth-order valence-electron chi connectivity index (χ4n) is 2.99. The molecule has 1 aliphatic heterocycles. The van der Waals surface area contributed by atoms with Crippen molar-refractivity contribution in [1.82, 2.24) is 9.97 Å². The smallest absolute Gasteiger partial charge is 0.260 e. The molecule has 1 amide bonds. The number of hydrogen-bond donors (Lipinski definition) is 2. The van der Waals surface area contributed by atoms with E-state index in [1.54, 1.807) is 12.3 Å². The fraction of sp³-hybridized carbons (Fsp3) is 0.312. The Hall–Kier alpha value is -2.68. The van der Waals surface area contributed by atoms with Crippen molar-refractivity contribution in [2.75, 3.05) is 23.7 Å². The number of hydrogen-bond acceptors (Lipinski definition) is 7. The number of carbonyl (C=O) groups excluding carboxylic acids is 1. The zero-order valence-electron chi connectivity index (χ0n) is 13.2. The molecule has 0 unspecified atom stereocenters. The summed E-state index contributed by atoms with van der Waals surface area (Å²) in [5.74, 6) is -0.105. The SMILES string of the molecule is NC(=O)c1sc2nc(N3CCC(F)CC3)nc(-c3ccoc3)c2c1N. The molecule has 25 heavy (non-hydrogen) atoms. The van der Waals surface area contributed by atoms with Gasteiger partial charge in [0.2, 0.25) is 5.95 Å². The summed E-state index contributed by atoms with van der Waals surface area (Å²) >= 11 is 1.14. The number of thiophene rings is 1. The first kappa shape index (κ1) is 15.8. The molecular weight excluding hydrogens is 345 g/mol. The van der Waals surface area contributed by atoms with Crippen LogP contribution in [0.1, 0.15) is 22.5 Å². The monoisotopic (exact) mass is 361 g/mol. The van der Waals surface area contributed by atoms with Gasteiger partial charge in [-0.15, -0.1) is 11.3 Å². The number of alkyl halides is 1. The quantitative estimate of drug-likeness (QED) is 0.742. The lowest BCUT2D eigenvalue weighted by atomic mass is 10.1. The van der Waals surface area contributed by atoms with Crippen molar-refractivity contribution in [3.63, 3.8) is 0 Å². The van der Waals surface area contributed by atoms with Gasteiger partial charge in [0.15, 0.2) is 0 Å². The maximum absolute atomic E-state index is 13.4. The summed E-state index contributed by atoms with van der Waals surface area (Å²) in [5, 5.41) is 0.587. The standard InChI is InChI=1S/C16H16FN5O2S/c17-9-1-4-22(5-2-9)16-20-12(8-3-6-24-7-8)10-11(18)13(14(19)23)25-15(10)21-16/h3,6-7,9H,1-2,4-5,18H2,(H2,19,23). The lowest BCUT2D eigenvalue weighted by Crippen LogP contribution is -2.35. The largest absolute Gasteiger partial charge is 0.472 e. The Morgan fingerprint density at radius 2 is 2.12 bits per heavy atom. The third kappa shape index (κ3) is 2.70. The molecular formula is C16H16FN5O2S. The first-order chi connectivity index (χ1) is 12.0. The minimum atomic E-state index is -0.785. The number of furan rings is 1. The molecule has 0 spiro atoms. The van der Waals surface area contributed by atoms with Crippen molar-refractivity contribution >= 4 is 39.1 Å². The van der Waals surface area contributed by atoms with Crippen LogP contribution >= 0.6 is 11.3 Å². The Morgan fingerprint density at radius 3 is 2.76 bits per heavy atom. The van der Waals surface area contributed by atoms with Gasteiger partial charge in [-0.2, -0.15) is 0 Å². The Labute approximate surface area is 146 Å². The number of nitrogens with two attached hydrogens (primary N) is 2. The number of fused-ring (bicyclic) bond motifs is 1. The summed E-state index contributed by atoms with van der Waals surface area (Å²) in [7, 11) is 0. The van der Waals surface area contributed by atoms with Crippen LogP contribution < -0.4 is 16.4 Å². The molecule has 1 fully saturated rings. The van der Waals surface area contributed by atoms with E-state index in [-0.39, 0.29) is 10.6 Å². The van der Waals surface area contributed by atoms with E-state index in [0.717, 1.165) is 16.9 Å². The average Bonchev–Trinajstić information content (AvgIpc) is 3.23. The van der Waals surface area contributed by atoms with Crippen LogP contribution in [0.2, 0.25) is 0 Å². The number of carbonyl (C=O) groups is 1. The molecule has 0 atom stereocenters. The number of nitrogen functional groups attached to an aromatic ring is 1. The molecule has 0 aromatic carbocycles. The minimum Gasteiger partial charge on any atom is -0.472 e. The van der Waals surface area contributed by atoms with E-state index in [4.69, 9.17) is 15.9 Å². The lowest BCUT2D eigenvalue weighted by molar-refractivity contribution is 0.100. The van der Waals surface area contributed by atoms with E-state index in [0.29, 0.717) is 47.8 Å². The molecule has 3 aromatic heterocycles. The molecule has 0 aliphatic carbocycles. The minimum absolute atomic E-state index is 0.258. The zero-order chi connectivity index (χ0) is 17.6. The summed E-state index contributed by atoms with van der Waals surface area (Å²) in [6, 6.07) is 1.76. The van der Waals surface area contributed by atoms with Crippen molar-refractivity contribution in [1.29, 1.82) is 0 Å². The van der Waals surface area contributed by atoms with E-state index in [2.05, 4.69) is 9.97 Å². The lowest BCUT2D eigenvalue weighted by Gasteiger charge is -2.28. The first-order valence-electron chi connectivity index (χ1n) is 7.86. The molecule has 0 radical (unpaired) electrons. The maximum Gasteiger partial charge on any atom is 0.260 e. The van der Waals surface area contributed by atoms with Crippen LogP contribution in [0, 0.1) is 0 Å². The molecule has 9 heteroatoms. The van der Waals surface area contributed by atoms with Crippen LogP contribution in [0.4, 0.5) is 16.0 Å². The predicted octanol–water partition coefficient (Wildman–Crippen LogP) is 2.57. The number of primary amides is 1. The van der Waals surface area contributed by atoms with Crippen molar-refractivity contribution in [2.24, 2.45) is 5.73 Å². The number of nitrogens with zero attached hydrogens (tertiary/aromatic N) is 3. The molecule has 0 saturated carbocycles. The third-order valence-corrected chi connectivity index (χ3v) is 5.42. The van der Waals surface area contributed by atoms with Crippen LogP contribution in [-0.2, 0) is 0 Å². The number of aromatic nitrogens is 2. The molecule has 3 aromatic rings. The van der Waals surface area contributed by atoms with Crippen LogP contribution in [0.5, 0.6) is 0 Å². The highest BCUT2D eigenvalue weighted by Gasteiger charge is 2.25. The van der Waals surface area contributed by atoms with Crippen LogP contribution in [0.15, 0.2) is 23.0 Å². The van der Waals surface area contributed by atoms with Crippen molar-refractivity contribution in [2.45, 2.75) is 19.0 Å². The average molecular weight is 361 g/mol. The first-order valence-corrected chi connectivity index (χ1v) is 8.67. The summed E-state index contributed by atoms with van der Waals surface area (Å²) in [4.78, 5) is 23.6. The van der Waals surface area contributed by atoms with Crippen LogP contribution in [-0.4, -0.2) is 35.1 Å². The van der Waals surface area contributed by atoms with Gasteiger partial charge in [-0.1, -0.05) is 0 Å². The number of piperidine rings is 1. The van der Waals surface area contributed by atoms with E-state index in [1.807, 2.05) is 4.90 Å². The van der Waals surface area contributed by atoms with Gasteiger partial charge in [0.1, 0.15) is 15.9 Å². The van der Waals surface area contributed by atoms with E-state index >= 15 is 0 Å². The summed E-state index contributed by atoms with van der Waals surface area (Å²) in [6.07, 6.45) is 3.20. The van der Waals surface area contributed by atoms with Gasteiger partial charge in [0.05, 0.1) is 29.3 Å². The van der Waals surface area contributed by atoms with Crippen molar-refractivity contribution < 1.29 is 13.6 Å². The van der Waals surface area contributed by atoms with Gasteiger partial charge in [0, 0.05) is 18.7 Å². The van der Waals surface area contributed by atoms with Crippen LogP contribution in [0.25, 0.3) is 21.5 Å². The number of rotatable bonds is 3. The Morgan fingerprint density at radius 1 is 1.36 bits per heavy atom. The van der Waals surface area contributed by atoms with Gasteiger partial charge in [-0.3, -0.25) is 4.79 Å². The van der Waals surface area contributed by atoms with Gasteiger partial charge in [0.25, 0.3) is 5.91 Å². The molecule has 7 nitrogen and oxygen atoms in total. The Bertz CT molecular complexity index is 932. The summed E-state index contributed by atoms with van der Waals surface area (Å²) in [5.41, 5.74) is 13.1. The Kier molecular flexibility index (Phi) is 3.79. The number of anilines is 2. The predicted molar refractivity (Wildman–Crippen MR) is 94.4 cm³/mol. The number of amides is 1. The second-order valence-electron chi connectivity index (χ2n) is 5.94. The molecule has 0 bridgehead atoms. The van der Waals surface area contributed by atoms with Gasteiger partial charge >= 0.3 is 0 Å². The molecule has 4 rings (SSSR count). The highest BCUT2D eigenvalue weighted by atomic mass is 32.1. The highest BCUT2D eigenvalue weighted by molar-refractivity contribution is 7.21. The molecule has 1 aliphatic rings. The van der Waals surface area contributed by atoms with Gasteiger partial charge in [-0.05, 0) is 18.9 Å². The van der Waals surface area contributed by atoms with Gasteiger partial charge < -0.3 is 20.8 Å². The van der Waals surface area contributed by atoms with Crippen LogP contribution in [0.3, 0.4) is 0 Å². The number of halogens is 1. The van der Waals surface area contributed by atoms with E-state index in [9.17, 15) is 9.18 Å². The summed E-state index contributed by atoms with van der Waals surface area (Å²) in [6.45, 7) is 1.09. The second kappa shape index (κ2) is 5.99. The third-order valence-electron chi connectivity index (χ3n) is 4.30. The fourth-order valence-corrected chi connectivity index (χ4v) is 3.93. The maximum atomic E-state index is 13.4. The van der Waals surface area contributed by atoms with E-state index in [1.165, 1.54) is 6.26 Å². The molecule has 1 saturated heterocycles. The van der Waals surface area contributed by atoms with Gasteiger partial charge in [-0.25, -0.2) is 14.4 Å². The zero-order valence-corrected chi connectivity index (χ0v) is 14.1. The molecule has 4 heterocycles. The van der Waals surface area contributed by atoms with Crippen molar-refractivity contribution in [3.8, 4) is 11.3 Å². The van der Waals surface area contributed by atoms with E-state index < -0.39 is 12.1 Å². The highest BCUT2D eigenvalue weighted by Crippen LogP contribution is 2.39. The summed E-state index contributed by atoms with van der Waals surface area (Å²) < 4.78 is 18.6. The van der Waals surface area contributed by atoms with Crippen molar-refractivity contribution in [3.05, 3.63) is 23.5 Å². The topological polar surface area (TPSA) is 111 Å². The normalized spacial score (nSPS) is 15.8. The Balaban J connectivity index is 1.90. The molecule has 4 N–H and O–H groups in total. The molecule has 130 valence electrons.